The Labute approximate surface area is 151 Å². The number of rotatable bonds is 7. The van der Waals surface area contributed by atoms with Crippen molar-refractivity contribution in [2.75, 3.05) is 20.3 Å². The highest BCUT2D eigenvalue weighted by Crippen LogP contribution is 2.31. The van der Waals surface area contributed by atoms with Crippen LogP contribution >= 0.6 is 11.6 Å². The van der Waals surface area contributed by atoms with Crippen LogP contribution in [0.3, 0.4) is 0 Å². The number of carboxylic acid groups (broad SMARTS) is 1. The number of carbonyl (C=O) groups is 2. The van der Waals surface area contributed by atoms with E-state index < -0.39 is 17.7 Å². The van der Waals surface area contributed by atoms with Gasteiger partial charge in [-0.2, -0.15) is 0 Å². The van der Waals surface area contributed by atoms with Crippen LogP contribution < -0.4 is 0 Å². The number of hydrogen-bond donors (Lipinski definition) is 1. The number of aliphatic carboxylic acids is 1. The van der Waals surface area contributed by atoms with Gasteiger partial charge in [0.1, 0.15) is 5.82 Å². The van der Waals surface area contributed by atoms with Gasteiger partial charge in [-0.1, -0.05) is 24.1 Å². The van der Waals surface area contributed by atoms with Crippen molar-refractivity contribution in [3.63, 3.8) is 0 Å². The standard InChI is InChI=1S/C18H23ClFNO4/c1-25-8-7-21(11-14-5-6-15(20)10-16(14)19)17(22)12-3-2-4-13(9-12)18(23)24/h5-6,10,12-13H,2-4,7-9,11H2,1H3,(H,23,24). The number of methoxy groups -OCH3 is 1. The maximum Gasteiger partial charge on any atom is 0.306 e. The highest BCUT2D eigenvalue weighted by atomic mass is 35.5. The number of carbonyl (C=O) groups excluding carboxylic acids is 1. The molecular formula is C18H23ClFNO4. The molecule has 0 aromatic heterocycles. The fraction of sp³-hybridized carbons (Fsp3) is 0.556. The van der Waals surface area contributed by atoms with Crippen molar-refractivity contribution < 1.29 is 23.8 Å². The fourth-order valence-corrected chi connectivity index (χ4v) is 3.45. The maximum atomic E-state index is 13.2. The molecule has 1 aromatic rings. The zero-order valence-electron chi connectivity index (χ0n) is 14.2. The molecule has 1 saturated carbocycles. The normalized spacial score (nSPS) is 20.3. The fourth-order valence-electron chi connectivity index (χ4n) is 3.22. The van der Waals surface area contributed by atoms with Crippen LogP contribution in [0.2, 0.25) is 5.02 Å². The second-order valence-corrected chi connectivity index (χ2v) is 6.79. The molecule has 2 rings (SSSR count). The molecule has 1 aliphatic carbocycles. The van der Waals surface area contributed by atoms with Crippen LogP contribution in [0, 0.1) is 17.7 Å². The summed E-state index contributed by atoms with van der Waals surface area (Å²) in [6.45, 7) is 0.979. The Morgan fingerprint density at radius 3 is 2.72 bits per heavy atom. The van der Waals surface area contributed by atoms with Gasteiger partial charge in [0.2, 0.25) is 5.91 Å². The van der Waals surface area contributed by atoms with Crippen LogP contribution in [0.15, 0.2) is 18.2 Å². The molecule has 1 aromatic carbocycles. The van der Waals surface area contributed by atoms with Gasteiger partial charge in [-0.15, -0.1) is 0 Å². The van der Waals surface area contributed by atoms with E-state index in [0.717, 1.165) is 6.42 Å². The minimum absolute atomic E-state index is 0.0941. The Morgan fingerprint density at radius 2 is 2.08 bits per heavy atom. The van der Waals surface area contributed by atoms with Crippen molar-refractivity contribution in [2.24, 2.45) is 11.8 Å². The summed E-state index contributed by atoms with van der Waals surface area (Å²) in [5.74, 6) is -2.15. The van der Waals surface area contributed by atoms with E-state index in [1.165, 1.54) is 12.1 Å². The van der Waals surface area contributed by atoms with Crippen LogP contribution in [-0.2, 0) is 20.9 Å². The van der Waals surface area contributed by atoms with Gasteiger partial charge in [0, 0.05) is 31.1 Å². The van der Waals surface area contributed by atoms with Crippen molar-refractivity contribution in [2.45, 2.75) is 32.2 Å². The SMILES string of the molecule is COCCN(Cc1ccc(F)cc1Cl)C(=O)C1CCCC(C(=O)O)C1. The van der Waals surface area contributed by atoms with Gasteiger partial charge in [-0.25, -0.2) is 4.39 Å². The monoisotopic (exact) mass is 371 g/mol. The summed E-state index contributed by atoms with van der Waals surface area (Å²) in [5, 5.41) is 9.48. The Kier molecular flexibility index (Phi) is 7.20. The van der Waals surface area contributed by atoms with Crippen molar-refractivity contribution >= 4 is 23.5 Å². The van der Waals surface area contributed by atoms with Crippen LogP contribution in [0.1, 0.15) is 31.2 Å². The third kappa shape index (κ3) is 5.41. The first-order chi connectivity index (χ1) is 11.9. The molecule has 1 N–H and O–H groups in total. The lowest BCUT2D eigenvalue weighted by molar-refractivity contribution is -0.145. The van der Waals surface area contributed by atoms with Gasteiger partial charge >= 0.3 is 5.97 Å². The van der Waals surface area contributed by atoms with Gasteiger partial charge in [0.25, 0.3) is 0 Å². The number of hydrogen-bond acceptors (Lipinski definition) is 3. The lowest BCUT2D eigenvalue weighted by atomic mass is 9.80. The van der Waals surface area contributed by atoms with Gasteiger partial charge < -0.3 is 14.7 Å². The molecule has 0 spiro atoms. The summed E-state index contributed by atoms with van der Waals surface area (Å²) in [6, 6.07) is 4.09. The minimum atomic E-state index is -0.845. The summed E-state index contributed by atoms with van der Waals surface area (Å²) in [6.07, 6.45) is 2.38. The van der Waals surface area contributed by atoms with Crippen molar-refractivity contribution in [3.8, 4) is 0 Å². The van der Waals surface area contributed by atoms with Crippen molar-refractivity contribution in [1.82, 2.24) is 4.90 Å². The molecule has 2 atom stereocenters. The first-order valence-electron chi connectivity index (χ1n) is 8.36. The summed E-state index contributed by atoms with van der Waals surface area (Å²) < 4.78 is 18.3. The van der Waals surface area contributed by atoms with Gasteiger partial charge in [0.15, 0.2) is 0 Å². The highest BCUT2D eigenvalue weighted by Gasteiger charge is 2.33. The first kappa shape index (κ1) is 19.7. The lowest BCUT2D eigenvalue weighted by Crippen LogP contribution is -2.40. The first-order valence-corrected chi connectivity index (χ1v) is 8.74. The molecule has 1 fully saturated rings. The molecule has 0 radical (unpaired) electrons. The molecule has 2 unspecified atom stereocenters. The number of nitrogens with zero attached hydrogens (tertiary/aromatic N) is 1. The van der Waals surface area contributed by atoms with Crippen LogP contribution in [-0.4, -0.2) is 42.1 Å². The van der Waals surface area contributed by atoms with Gasteiger partial charge in [-0.05, 0) is 37.0 Å². The molecule has 0 bridgehead atoms. The third-order valence-corrected chi connectivity index (χ3v) is 4.98. The highest BCUT2D eigenvalue weighted by molar-refractivity contribution is 6.31. The van der Waals surface area contributed by atoms with E-state index in [-0.39, 0.29) is 23.4 Å². The Morgan fingerprint density at radius 1 is 1.36 bits per heavy atom. The molecule has 0 heterocycles. The number of halogens is 2. The largest absolute Gasteiger partial charge is 0.481 e. The lowest BCUT2D eigenvalue weighted by Gasteiger charge is -2.31. The molecule has 138 valence electrons. The van der Waals surface area contributed by atoms with Crippen LogP contribution in [0.5, 0.6) is 0 Å². The number of carboxylic acids is 1. The second kappa shape index (κ2) is 9.15. The molecule has 5 nitrogen and oxygen atoms in total. The topological polar surface area (TPSA) is 66.8 Å². The van der Waals surface area contributed by atoms with E-state index >= 15 is 0 Å². The number of amides is 1. The molecule has 0 saturated heterocycles. The minimum Gasteiger partial charge on any atom is -0.481 e. The zero-order valence-corrected chi connectivity index (χ0v) is 15.0. The Balaban J connectivity index is 2.12. The molecule has 25 heavy (non-hydrogen) atoms. The van der Waals surface area contributed by atoms with E-state index in [1.807, 2.05) is 0 Å². The van der Waals surface area contributed by atoms with E-state index in [9.17, 15) is 19.1 Å². The predicted octanol–water partition coefficient (Wildman–Crippen LogP) is 3.35. The number of benzene rings is 1. The molecule has 0 aliphatic heterocycles. The predicted molar refractivity (Wildman–Crippen MR) is 91.8 cm³/mol. The summed E-state index contributed by atoms with van der Waals surface area (Å²) in [4.78, 5) is 25.8. The Hall–Kier alpha value is -1.66. The zero-order chi connectivity index (χ0) is 18.4. The molecular weight excluding hydrogens is 349 g/mol. The van der Waals surface area contributed by atoms with Gasteiger partial charge in [0.05, 0.1) is 12.5 Å². The maximum absolute atomic E-state index is 13.2. The van der Waals surface area contributed by atoms with E-state index in [1.54, 1.807) is 18.1 Å². The molecule has 7 heteroatoms. The van der Waals surface area contributed by atoms with E-state index in [4.69, 9.17) is 16.3 Å². The van der Waals surface area contributed by atoms with Crippen LogP contribution in [0.4, 0.5) is 4.39 Å². The molecule has 1 amide bonds. The van der Waals surface area contributed by atoms with E-state index in [0.29, 0.717) is 38.0 Å². The average Bonchev–Trinajstić information content (AvgIpc) is 2.59. The smallest absolute Gasteiger partial charge is 0.306 e. The van der Waals surface area contributed by atoms with E-state index in [2.05, 4.69) is 0 Å². The third-order valence-electron chi connectivity index (χ3n) is 4.63. The van der Waals surface area contributed by atoms with Crippen molar-refractivity contribution in [1.29, 1.82) is 0 Å². The summed E-state index contributed by atoms with van der Waals surface area (Å²) >= 11 is 6.08. The average molecular weight is 372 g/mol. The summed E-state index contributed by atoms with van der Waals surface area (Å²) in [5.41, 5.74) is 0.651. The Bertz CT molecular complexity index is 625. The summed E-state index contributed by atoms with van der Waals surface area (Å²) in [7, 11) is 1.55. The quantitative estimate of drug-likeness (QED) is 0.798. The molecule has 1 aliphatic rings. The van der Waals surface area contributed by atoms with Gasteiger partial charge in [-0.3, -0.25) is 9.59 Å². The van der Waals surface area contributed by atoms with Crippen molar-refractivity contribution in [3.05, 3.63) is 34.6 Å². The number of ether oxygens (including phenoxy) is 1. The van der Waals surface area contributed by atoms with Crippen LogP contribution in [0.25, 0.3) is 0 Å². The second-order valence-electron chi connectivity index (χ2n) is 6.39.